The summed E-state index contributed by atoms with van der Waals surface area (Å²) in [6, 6.07) is 3.65. The van der Waals surface area contributed by atoms with Crippen LogP contribution in [0.2, 0.25) is 5.15 Å². The van der Waals surface area contributed by atoms with Gasteiger partial charge in [0, 0.05) is 47.4 Å². The lowest BCUT2D eigenvalue weighted by molar-refractivity contribution is -0.139. The lowest BCUT2D eigenvalue weighted by Gasteiger charge is -2.33. The van der Waals surface area contributed by atoms with Gasteiger partial charge in [0.05, 0.1) is 5.56 Å². The maximum Gasteiger partial charge on any atom is 0.256 e. The van der Waals surface area contributed by atoms with Crippen molar-refractivity contribution in [3.05, 3.63) is 22.8 Å². The third kappa shape index (κ3) is 5.64. The molecule has 0 bridgehead atoms. The fourth-order valence-electron chi connectivity index (χ4n) is 4.20. The highest BCUT2D eigenvalue weighted by Gasteiger charge is 2.27. The molecule has 7 nitrogen and oxygen atoms in total. The summed E-state index contributed by atoms with van der Waals surface area (Å²) in [5.41, 5.74) is 0.432. The highest BCUT2D eigenvalue weighted by Crippen LogP contribution is 2.27. The Balaban J connectivity index is 1.42. The fraction of sp³-hybridized carbons (Fsp3) is 0.682. The van der Waals surface area contributed by atoms with Gasteiger partial charge in [0.15, 0.2) is 0 Å². The summed E-state index contributed by atoms with van der Waals surface area (Å²) in [7, 11) is 5.29. The second-order valence-corrected chi connectivity index (χ2v) is 8.90. The zero-order valence-electron chi connectivity index (χ0n) is 18.3. The average Bonchev–Trinajstić information content (AvgIpc) is 3.28. The highest BCUT2D eigenvalue weighted by atomic mass is 35.5. The Morgan fingerprint density at radius 3 is 2.53 bits per heavy atom. The SMILES string of the molecule is CN(C)C(=O)c1ccc(N2CCC(CCCN(C)C(=O)C3CCCO3)CC2)nc1Cl. The summed E-state index contributed by atoms with van der Waals surface area (Å²) < 4.78 is 5.49. The molecule has 0 aromatic carbocycles. The molecule has 8 heteroatoms. The van der Waals surface area contributed by atoms with Crippen LogP contribution in [0.15, 0.2) is 12.1 Å². The molecule has 2 saturated heterocycles. The van der Waals surface area contributed by atoms with E-state index in [-0.39, 0.29) is 23.1 Å². The molecule has 0 N–H and O–H groups in total. The second-order valence-electron chi connectivity index (χ2n) is 8.54. The minimum Gasteiger partial charge on any atom is -0.368 e. The minimum absolute atomic E-state index is 0.126. The number of piperidine rings is 1. The number of anilines is 1. The summed E-state index contributed by atoms with van der Waals surface area (Å²) in [5.74, 6) is 1.48. The molecular weight excluding hydrogens is 404 g/mol. The van der Waals surface area contributed by atoms with Crippen molar-refractivity contribution < 1.29 is 14.3 Å². The number of amides is 2. The van der Waals surface area contributed by atoms with Crippen molar-refractivity contribution in [2.24, 2.45) is 5.92 Å². The lowest BCUT2D eigenvalue weighted by atomic mass is 9.92. The molecule has 1 aromatic rings. The van der Waals surface area contributed by atoms with Crippen LogP contribution in [0.3, 0.4) is 0 Å². The van der Waals surface area contributed by atoms with Gasteiger partial charge in [-0.15, -0.1) is 0 Å². The van der Waals surface area contributed by atoms with Crippen molar-refractivity contribution in [2.75, 3.05) is 52.3 Å². The molecule has 0 radical (unpaired) electrons. The molecule has 3 rings (SSSR count). The Hall–Kier alpha value is -1.86. The Kier molecular flexibility index (Phi) is 7.94. The smallest absolute Gasteiger partial charge is 0.256 e. The third-order valence-corrected chi connectivity index (χ3v) is 6.38. The van der Waals surface area contributed by atoms with Gasteiger partial charge in [-0.05, 0) is 56.6 Å². The van der Waals surface area contributed by atoms with Crippen molar-refractivity contribution in [1.29, 1.82) is 0 Å². The molecular formula is C22H33ClN4O3. The number of nitrogens with zero attached hydrogens (tertiary/aromatic N) is 4. The number of pyridine rings is 1. The van der Waals surface area contributed by atoms with Crippen molar-refractivity contribution in [3.63, 3.8) is 0 Å². The third-order valence-electron chi connectivity index (χ3n) is 6.10. The fourth-order valence-corrected chi connectivity index (χ4v) is 4.43. The number of halogens is 1. The zero-order valence-corrected chi connectivity index (χ0v) is 19.0. The van der Waals surface area contributed by atoms with Crippen LogP contribution in [-0.4, -0.2) is 80.1 Å². The van der Waals surface area contributed by atoms with Gasteiger partial charge in [-0.2, -0.15) is 0 Å². The number of aromatic nitrogens is 1. The number of likely N-dealkylation sites (N-methyl/N-ethyl adjacent to an activating group) is 1. The molecule has 1 atom stereocenters. The van der Waals surface area contributed by atoms with Crippen LogP contribution in [0.1, 0.15) is 48.9 Å². The van der Waals surface area contributed by atoms with Gasteiger partial charge in [-0.3, -0.25) is 9.59 Å². The zero-order chi connectivity index (χ0) is 21.7. The Bertz CT molecular complexity index is 744. The van der Waals surface area contributed by atoms with E-state index < -0.39 is 0 Å². The van der Waals surface area contributed by atoms with E-state index in [0.29, 0.717) is 18.1 Å². The van der Waals surface area contributed by atoms with E-state index in [2.05, 4.69) is 9.88 Å². The van der Waals surface area contributed by atoms with Crippen molar-refractivity contribution in [2.45, 2.75) is 44.6 Å². The van der Waals surface area contributed by atoms with Crippen LogP contribution >= 0.6 is 11.6 Å². The normalized spacial score (nSPS) is 19.7. The molecule has 3 heterocycles. The Labute approximate surface area is 184 Å². The number of carbonyl (C=O) groups excluding carboxylic acids is 2. The van der Waals surface area contributed by atoms with Crippen LogP contribution in [0.5, 0.6) is 0 Å². The predicted molar refractivity (Wildman–Crippen MR) is 118 cm³/mol. The first-order valence-electron chi connectivity index (χ1n) is 10.9. The summed E-state index contributed by atoms with van der Waals surface area (Å²) in [6.45, 7) is 3.36. The second kappa shape index (κ2) is 10.4. The summed E-state index contributed by atoms with van der Waals surface area (Å²) in [5, 5.41) is 0.257. The van der Waals surface area contributed by atoms with Gasteiger partial charge in [0.1, 0.15) is 17.1 Å². The molecule has 2 fully saturated rings. The number of hydrogen-bond donors (Lipinski definition) is 0. The van der Waals surface area contributed by atoms with E-state index in [9.17, 15) is 9.59 Å². The van der Waals surface area contributed by atoms with Crippen molar-refractivity contribution in [3.8, 4) is 0 Å². The quantitative estimate of drug-likeness (QED) is 0.614. The molecule has 2 aliphatic heterocycles. The van der Waals surface area contributed by atoms with E-state index in [1.54, 1.807) is 20.2 Å². The monoisotopic (exact) mass is 436 g/mol. The van der Waals surface area contributed by atoms with Gasteiger partial charge >= 0.3 is 0 Å². The van der Waals surface area contributed by atoms with Crippen LogP contribution in [0.25, 0.3) is 0 Å². The van der Waals surface area contributed by atoms with Gasteiger partial charge < -0.3 is 19.4 Å². The van der Waals surface area contributed by atoms with E-state index in [1.807, 2.05) is 18.0 Å². The standard InChI is InChI=1S/C22H33ClN4O3/c1-25(2)21(28)17-8-9-19(24-20(17)23)27-13-10-16(11-14-27)6-4-12-26(3)22(29)18-7-5-15-30-18/h8-9,16,18H,4-7,10-15H2,1-3H3. The summed E-state index contributed by atoms with van der Waals surface area (Å²) in [6.07, 6.45) is 5.95. The van der Waals surface area contributed by atoms with Gasteiger partial charge in [0.25, 0.3) is 11.8 Å². The molecule has 30 heavy (non-hydrogen) atoms. The van der Waals surface area contributed by atoms with E-state index in [1.165, 1.54) is 4.90 Å². The molecule has 0 saturated carbocycles. The lowest BCUT2D eigenvalue weighted by Crippen LogP contribution is -2.37. The molecule has 1 unspecified atom stereocenters. The summed E-state index contributed by atoms with van der Waals surface area (Å²) in [4.78, 5) is 34.4. The van der Waals surface area contributed by atoms with Crippen LogP contribution in [0.4, 0.5) is 5.82 Å². The number of ether oxygens (including phenoxy) is 1. The van der Waals surface area contributed by atoms with Gasteiger partial charge in [-0.1, -0.05) is 11.6 Å². The molecule has 1 aromatic heterocycles. The number of rotatable bonds is 7. The first-order chi connectivity index (χ1) is 14.4. The average molecular weight is 437 g/mol. The van der Waals surface area contributed by atoms with Gasteiger partial charge in [0.2, 0.25) is 0 Å². The molecule has 2 amide bonds. The Morgan fingerprint density at radius 1 is 1.20 bits per heavy atom. The van der Waals surface area contributed by atoms with Crippen LogP contribution < -0.4 is 4.90 Å². The van der Waals surface area contributed by atoms with E-state index in [0.717, 1.165) is 64.0 Å². The van der Waals surface area contributed by atoms with Crippen molar-refractivity contribution >= 4 is 29.2 Å². The number of carbonyl (C=O) groups is 2. The molecule has 0 aliphatic carbocycles. The van der Waals surface area contributed by atoms with Crippen molar-refractivity contribution in [1.82, 2.24) is 14.8 Å². The maximum atomic E-state index is 12.3. The first-order valence-corrected chi connectivity index (χ1v) is 11.2. The first kappa shape index (κ1) is 22.8. The predicted octanol–water partition coefficient (Wildman–Crippen LogP) is 3.07. The summed E-state index contributed by atoms with van der Waals surface area (Å²) >= 11 is 6.26. The van der Waals surface area contributed by atoms with Crippen LogP contribution in [-0.2, 0) is 9.53 Å². The minimum atomic E-state index is -0.225. The largest absolute Gasteiger partial charge is 0.368 e. The highest BCUT2D eigenvalue weighted by molar-refractivity contribution is 6.32. The van der Waals surface area contributed by atoms with Crippen LogP contribution in [0, 0.1) is 5.92 Å². The van der Waals surface area contributed by atoms with Gasteiger partial charge in [-0.25, -0.2) is 4.98 Å². The molecule has 2 aliphatic rings. The van der Waals surface area contributed by atoms with E-state index >= 15 is 0 Å². The van der Waals surface area contributed by atoms with E-state index in [4.69, 9.17) is 16.3 Å². The Morgan fingerprint density at radius 2 is 1.93 bits per heavy atom. The maximum absolute atomic E-state index is 12.3. The topological polar surface area (TPSA) is 66.0 Å². The molecule has 166 valence electrons. The molecule has 0 spiro atoms. The number of hydrogen-bond acceptors (Lipinski definition) is 5.